The summed E-state index contributed by atoms with van der Waals surface area (Å²) in [5.41, 5.74) is 8.56. The fourth-order valence-electron chi connectivity index (χ4n) is 2.51. The second kappa shape index (κ2) is 8.46. The van der Waals surface area contributed by atoms with Crippen LogP contribution in [0.4, 0.5) is 4.79 Å². The predicted octanol–water partition coefficient (Wildman–Crippen LogP) is 2.62. The van der Waals surface area contributed by atoms with Gasteiger partial charge in [0.25, 0.3) is 0 Å². The molecule has 0 unspecified atom stereocenters. The maximum atomic E-state index is 10.8. The van der Waals surface area contributed by atoms with Crippen molar-refractivity contribution in [1.29, 1.82) is 0 Å². The van der Waals surface area contributed by atoms with Crippen LogP contribution in [0, 0.1) is 0 Å². The molecule has 0 aliphatic carbocycles. The van der Waals surface area contributed by atoms with E-state index in [1.807, 2.05) is 16.7 Å². The molecule has 1 aromatic heterocycles. The van der Waals surface area contributed by atoms with Gasteiger partial charge in [0.2, 0.25) is 0 Å². The summed E-state index contributed by atoms with van der Waals surface area (Å²) in [6.45, 7) is 8.72. The number of rotatable bonds is 9. The van der Waals surface area contributed by atoms with E-state index in [0.717, 1.165) is 29.1 Å². The summed E-state index contributed by atoms with van der Waals surface area (Å²) in [7, 11) is -1.15. The average molecular weight is 365 g/mol. The van der Waals surface area contributed by atoms with Gasteiger partial charge >= 0.3 is 6.09 Å². The molecule has 0 fully saturated rings. The van der Waals surface area contributed by atoms with E-state index >= 15 is 0 Å². The quantitative estimate of drug-likeness (QED) is 0.469. The molecule has 0 aliphatic heterocycles. The lowest BCUT2D eigenvalue weighted by Gasteiger charge is -2.16. The van der Waals surface area contributed by atoms with Crippen molar-refractivity contribution in [3.05, 3.63) is 29.6 Å². The Bertz CT molecular complexity index is 724. The Morgan fingerprint density at radius 2 is 2.16 bits per heavy atom. The van der Waals surface area contributed by atoms with Gasteiger partial charge < -0.3 is 25.5 Å². The molecule has 1 aromatic carbocycles. The van der Waals surface area contributed by atoms with E-state index in [0.29, 0.717) is 25.7 Å². The molecule has 1 amide bonds. The maximum absolute atomic E-state index is 10.8. The molecule has 7 nitrogen and oxygen atoms in total. The predicted molar refractivity (Wildman–Crippen MR) is 101 cm³/mol. The number of ether oxygens (including phenoxy) is 1. The van der Waals surface area contributed by atoms with E-state index in [4.69, 9.17) is 15.6 Å². The van der Waals surface area contributed by atoms with Gasteiger partial charge in [-0.3, -0.25) is 0 Å². The number of carbonyl (C=O) groups is 1. The molecular weight excluding hydrogens is 336 g/mol. The van der Waals surface area contributed by atoms with Crippen molar-refractivity contribution >= 4 is 25.2 Å². The van der Waals surface area contributed by atoms with Crippen LogP contribution in [0.25, 0.3) is 11.0 Å². The van der Waals surface area contributed by atoms with Crippen molar-refractivity contribution in [2.75, 3.05) is 13.2 Å². The van der Waals surface area contributed by atoms with Crippen molar-refractivity contribution in [3.8, 4) is 0 Å². The smallest absolute Gasteiger partial charge is 0.405 e. The standard InChI is InChI=1S/C17H28N4O3Si/c1-25(2,3)9-8-24-12-21-15-10-13(6-7-18)4-5-14(15)20-16(21)11-19-17(22)23/h4-5,10,19H,6-9,11-12,18H2,1-3H3,(H,22,23). The first-order valence-electron chi connectivity index (χ1n) is 8.53. The summed E-state index contributed by atoms with van der Waals surface area (Å²) in [6, 6.07) is 7.10. The molecule has 0 radical (unpaired) electrons. The van der Waals surface area contributed by atoms with Gasteiger partial charge in [-0.15, -0.1) is 0 Å². The minimum atomic E-state index is -1.15. The first-order valence-corrected chi connectivity index (χ1v) is 12.2. The fourth-order valence-corrected chi connectivity index (χ4v) is 3.26. The molecule has 138 valence electrons. The fraction of sp³-hybridized carbons (Fsp3) is 0.529. The minimum absolute atomic E-state index is 0.146. The van der Waals surface area contributed by atoms with E-state index in [-0.39, 0.29) is 6.54 Å². The Balaban J connectivity index is 2.22. The molecule has 1 heterocycles. The van der Waals surface area contributed by atoms with Crippen LogP contribution in [0.5, 0.6) is 0 Å². The van der Waals surface area contributed by atoms with E-state index in [9.17, 15) is 4.79 Å². The number of carboxylic acid groups (broad SMARTS) is 1. The van der Waals surface area contributed by atoms with E-state index in [1.165, 1.54) is 0 Å². The lowest BCUT2D eigenvalue weighted by Crippen LogP contribution is -2.24. The zero-order valence-corrected chi connectivity index (χ0v) is 16.2. The Labute approximate surface area is 149 Å². The molecular formula is C17H28N4O3Si. The third-order valence-electron chi connectivity index (χ3n) is 3.94. The van der Waals surface area contributed by atoms with Crippen LogP contribution in [0.1, 0.15) is 11.4 Å². The molecule has 4 N–H and O–H groups in total. The van der Waals surface area contributed by atoms with Gasteiger partial charge in [0.1, 0.15) is 12.6 Å². The minimum Gasteiger partial charge on any atom is -0.465 e. The number of nitrogens with two attached hydrogens (primary N) is 1. The highest BCUT2D eigenvalue weighted by Crippen LogP contribution is 2.19. The van der Waals surface area contributed by atoms with Crippen molar-refractivity contribution in [2.24, 2.45) is 5.73 Å². The number of fused-ring (bicyclic) bond motifs is 1. The van der Waals surface area contributed by atoms with E-state index in [2.05, 4.69) is 36.0 Å². The number of nitrogens with zero attached hydrogens (tertiary/aromatic N) is 2. The molecule has 0 spiro atoms. The molecule has 2 aromatic rings. The largest absolute Gasteiger partial charge is 0.465 e. The number of hydrogen-bond donors (Lipinski definition) is 3. The number of aromatic nitrogens is 2. The summed E-state index contributed by atoms with van der Waals surface area (Å²) in [4.78, 5) is 15.4. The highest BCUT2D eigenvalue weighted by atomic mass is 28.3. The molecule has 0 saturated heterocycles. The molecule has 8 heteroatoms. The van der Waals surface area contributed by atoms with Gasteiger partial charge in [-0.1, -0.05) is 25.7 Å². The number of imidazole rings is 1. The zero-order chi connectivity index (χ0) is 18.4. The van der Waals surface area contributed by atoms with Crippen molar-refractivity contribution in [2.45, 2.75) is 45.4 Å². The number of nitrogens with one attached hydrogen (secondary N) is 1. The third kappa shape index (κ3) is 5.84. The van der Waals surface area contributed by atoms with Crippen LogP contribution in [0.2, 0.25) is 25.7 Å². The van der Waals surface area contributed by atoms with Gasteiger partial charge in [-0.25, -0.2) is 9.78 Å². The number of hydrogen-bond acceptors (Lipinski definition) is 4. The van der Waals surface area contributed by atoms with Crippen LogP contribution >= 0.6 is 0 Å². The van der Waals surface area contributed by atoms with Gasteiger partial charge in [-0.2, -0.15) is 0 Å². The number of benzene rings is 1. The molecule has 0 bridgehead atoms. The average Bonchev–Trinajstić information content (AvgIpc) is 2.86. The molecule has 0 aliphatic rings. The first kappa shape index (κ1) is 19.4. The van der Waals surface area contributed by atoms with Crippen molar-refractivity contribution in [1.82, 2.24) is 14.9 Å². The van der Waals surface area contributed by atoms with Crippen LogP contribution in [0.15, 0.2) is 18.2 Å². The molecule has 0 saturated carbocycles. The molecule has 0 atom stereocenters. The van der Waals surface area contributed by atoms with E-state index in [1.54, 1.807) is 0 Å². The van der Waals surface area contributed by atoms with Gasteiger partial charge in [-0.05, 0) is 36.7 Å². The van der Waals surface area contributed by atoms with Crippen molar-refractivity contribution in [3.63, 3.8) is 0 Å². The summed E-state index contributed by atoms with van der Waals surface area (Å²) in [5, 5.41) is 11.3. The Hall–Kier alpha value is -1.90. The van der Waals surface area contributed by atoms with Crippen molar-refractivity contribution < 1.29 is 14.6 Å². The second-order valence-corrected chi connectivity index (χ2v) is 12.9. The maximum Gasteiger partial charge on any atom is 0.405 e. The Morgan fingerprint density at radius 3 is 2.80 bits per heavy atom. The Morgan fingerprint density at radius 1 is 1.40 bits per heavy atom. The molecule has 2 rings (SSSR count). The summed E-state index contributed by atoms with van der Waals surface area (Å²) in [6.07, 6.45) is -0.276. The topological polar surface area (TPSA) is 102 Å². The van der Waals surface area contributed by atoms with Gasteiger partial charge in [0.05, 0.1) is 17.6 Å². The SMILES string of the molecule is C[Si](C)(C)CCOCn1c(CNC(=O)O)nc2ccc(CCN)cc21. The van der Waals surface area contributed by atoms with Crippen LogP contribution in [0.3, 0.4) is 0 Å². The summed E-state index contributed by atoms with van der Waals surface area (Å²) < 4.78 is 7.81. The number of amides is 1. The lowest BCUT2D eigenvalue weighted by atomic mass is 10.1. The Kier molecular flexibility index (Phi) is 6.57. The van der Waals surface area contributed by atoms with E-state index < -0.39 is 14.2 Å². The summed E-state index contributed by atoms with van der Waals surface area (Å²) >= 11 is 0. The van der Waals surface area contributed by atoms with Gasteiger partial charge in [0, 0.05) is 14.7 Å². The monoisotopic (exact) mass is 364 g/mol. The highest BCUT2D eigenvalue weighted by molar-refractivity contribution is 6.76. The van der Waals surface area contributed by atoms with Crippen LogP contribution < -0.4 is 11.1 Å². The lowest BCUT2D eigenvalue weighted by molar-refractivity contribution is 0.0876. The van der Waals surface area contributed by atoms with Crippen LogP contribution in [-0.2, 0) is 24.4 Å². The van der Waals surface area contributed by atoms with Gasteiger partial charge in [0.15, 0.2) is 0 Å². The van der Waals surface area contributed by atoms with Crippen LogP contribution in [-0.4, -0.2) is 42.0 Å². The summed E-state index contributed by atoms with van der Waals surface area (Å²) in [5.74, 6) is 0.648. The first-order chi connectivity index (χ1) is 11.8. The highest BCUT2D eigenvalue weighted by Gasteiger charge is 2.15. The molecule has 25 heavy (non-hydrogen) atoms. The second-order valence-electron chi connectivity index (χ2n) is 7.32. The normalized spacial score (nSPS) is 11.8. The zero-order valence-electron chi connectivity index (χ0n) is 15.2. The third-order valence-corrected chi connectivity index (χ3v) is 5.64.